The summed E-state index contributed by atoms with van der Waals surface area (Å²) in [4.78, 5) is 0. The highest BCUT2D eigenvalue weighted by Gasteiger charge is 2.42. The SMILES string of the molecule is CC(C)n1nccc1[C@H](CN)C1(CO)CCCC1. The molecule has 0 bridgehead atoms. The minimum Gasteiger partial charge on any atom is -0.396 e. The van der Waals surface area contributed by atoms with Crippen LogP contribution in [0.5, 0.6) is 0 Å². The number of rotatable bonds is 5. The Hall–Kier alpha value is -0.870. The summed E-state index contributed by atoms with van der Waals surface area (Å²) in [6.45, 7) is 5.08. The van der Waals surface area contributed by atoms with E-state index in [1.54, 1.807) is 0 Å². The summed E-state index contributed by atoms with van der Waals surface area (Å²) >= 11 is 0. The Kier molecular flexibility index (Phi) is 4.07. The quantitative estimate of drug-likeness (QED) is 0.842. The second kappa shape index (κ2) is 5.41. The van der Waals surface area contributed by atoms with Crippen LogP contribution in [-0.4, -0.2) is 28.0 Å². The molecule has 1 aromatic rings. The molecule has 2 rings (SSSR count). The molecule has 1 atom stereocenters. The van der Waals surface area contributed by atoms with Crippen molar-refractivity contribution in [2.45, 2.75) is 51.5 Å². The van der Waals surface area contributed by atoms with E-state index in [0.29, 0.717) is 12.6 Å². The Balaban J connectivity index is 2.35. The van der Waals surface area contributed by atoms with Crippen molar-refractivity contribution in [1.29, 1.82) is 0 Å². The summed E-state index contributed by atoms with van der Waals surface area (Å²) in [5.41, 5.74) is 7.18. The van der Waals surface area contributed by atoms with Gasteiger partial charge in [-0.3, -0.25) is 4.68 Å². The Labute approximate surface area is 109 Å². The molecule has 0 radical (unpaired) electrons. The van der Waals surface area contributed by atoms with Crippen molar-refractivity contribution in [2.75, 3.05) is 13.2 Å². The normalized spacial score (nSPS) is 20.5. The molecule has 1 aromatic heterocycles. The third-order valence-corrected chi connectivity index (χ3v) is 4.44. The smallest absolute Gasteiger partial charge is 0.0494 e. The summed E-state index contributed by atoms with van der Waals surface area (Å²) in [6.07, 6.45) is 6.40. The molecule has 1 aliphatic rings. The van der Waals surface area contributed by atoms with E-state index < -0.39 is 0 Å². The van der Waals surface area contributed by atoms with Crippen molar-refractivity contribution in [1.82, 2.24) is 9.78 Å². The van der Waals surface area contributed by atoms with Crippen molar-refractivity contribution in [3.63, 3.8) is 0 Å². The first-order valence-electron chi connectivity index (χ1n) is 6.99. The third kappa shape index (κ3) is 2.19. The average molecular weight is 251 g/mol. The number of aliphatic hydroxyl groups is 1. The Morgan fingerprint density at radius 2 is 2.11 bits per heavy atom. The van der Waals surface area contributed by atoms with Crippen LogP contribution in [0.15, 0.2) is 12.3 Å². The number of aliphatic hydroxyl groups excluding tert-OH is 1. The number of hydrogen-bond acceptors (Lipinski definition) is 3. The lowest BCUT2D eigenvalue weighted by molar-refractivity contribution is 0.0986. The molecule has 4 heteroatoms. The molecular formula is C14H25N3O. The third-order valence-electron chi connectivity index (χ3n) is 4.44. The lowest BCUT2D eigenvalue weighted by Crippen LogP contribution is -2.36. The molecular weight excluding hydrogens is 226 g/mol. The van der Waals surface area contributed by atoms with Crippen LogP contribution >= 0.6 is 0 Å². The molecule has 3 N–H and O–H groups in total. The van der Waals surface area contributed by atoms with Gasteiger partial charge in [-0.05, 0) is 32.8 Å². The lowest BCUT2D eigenvalue weighted by atomic mass is 9.72. The number of hydrogen-bond donors (Lipinski definition) is 2. The van der Waals surface area contributed by atoms with Crippen molar-refractivity contribution >= 4 is 0 Å². The van der Waals surface area contributed by atoms with Crippen LogP contribution in [0.25, 0.3) is 0 Å². The van der Waals surface area contributed by atoms with Gasteiger partial charge in [0, 0.05) is 42.4 Å². The summed E-state index contributed by atoms with van der Waals surface area (Å²) in [5.74, 6) is 0.217. The molecule has 102 valence electrons. The van der Waals surface area contributed by atoms with Gasteiger partial charge in [-0.15, -0.1) is 0 Å². The van der Waals surface area contributed by atoms with Gasteiger partial charge in [0.05, 0.1) is 0 Å². The molecule has 0 aromatic carbocycles. The number of aromatic nitrogens is 2. The summed E-state index contributed by atoms with van der Waals surface area (Å²) in [6, 6.07) is 2.40. The van der Waals surface area contributed by atoms with E-state index in [0.717, 1.165) is 12.8 Å². The van der Waals surface area contributed by atoms with Gasteiger partial charge in [0.1, 0.15) is 0 Å². The van der Waals surface area contributed by atoms with Crippen molar-refractivity contribution in [2.24, 2.45) is 11.1 Å². The van der Waals surface area contributed by atoms with Crippen LogP contribution in [0.4, 0.5) is 0 Å². The highest BCUT2D eigenvalue weighted by Crippen LogP contribution is 2.48. The van der Waals surface area contributed by atoms with Crippen LogP contribution < -0.4 is 5.73 Å². The molecule has 4 nitrogen and oxygen atoms in total. The highest BCUT2D eigenvalue weighted by molar-refractivity contribution is 5.15. The van der Waals surface area contributed by atoms with Crippen molar-refractivity contribution in [3.8, 4) is 0 Å². The van der Waals surface area contributed by atoms with Gasteiger partial charge >= 0.3 is 0 Å². The van der Waals surface area contributed by atoms with E-state index >= 15 is 0 Å². The molecule has 0 aliphatic heterocycles. The summed E-state index contributed by atoms with van der Waals surface area (Å²) in [7, 11) is 0. The maximum atomic E-state index is 9.86. The predicted octanol–water partition coefficient (Wildman–Crippen LogP) is 2.06. The topological polar surface area (TPSA) is 64.1 Å². The fourth-order valence-electron chi connectivity index (χ4n) is 3.41. The number of nitrogens with two attached hydrogens (primary N) is 1. The van der Waals surface area contributed by atoms with Crippen molar-refractivity contribution in [3.05, 3.63) is 18.0 Å². The standard InChI is InChI=1S/C14H25N3O/c1-11(2)17-13(5-8-16-17)12(9-15)14(10-18)6-3-4-7-14/h5,8,11-12,18H,3-4,6-7,9-10,15H2,1-2H3/t12-/m0/s1. The van der Waals surface area contributed by atoms with Gasteiger partial charge in [-0.25, -0.2) is 0 Å². The molecule has 18 heavy (non-hydrogen) atoms. The van der Waals surface area contributed by atoms with Crippen LogP contribution in [-0.2, 0) is 0 Å². The molecule has 0 spiro atoms. The number of nitrogens with zero attached hydrogens (tertiary/aromatic N) is 2. The zero-order valence-electron chi connectivity index (χ0n) is 11.5. The fraction of sp³-hybridized carbons (Fsp3) is 0.786. The van der Waals surface area contributed by atoms with Crippen LogP contribution in [0, 0.1) is 5.41 Å². The van der Waals surface area contributed by atoms with Crippen LogP contribution in [0.1, 0.15) is 57.2 Å². The summed E-state index contributed by atoms with van der Waals surface area (Å²) in [5, 5.41) is 14.3. The Morgan fingerprint density at radius 3 is 2.61 bits per heavy atom. The predicted molar refractivity (Wildman–Crippen MR) is 72.4 cm³/mol. The fourth-order valence-corrected chi connectivity index (χ4v) is 3.41. The zero-order chi connectivity index (χ0) is 13.2. The monoisotopic (exact) mass is 251 g/mol. The van der Waals surface area contributed by atoms with Gasteiger partial charge in [-0.1, -0.05) is 12.8 Å². The Morgan fingerprint density at radius 1 is 1.44 bits per heavy atom. The first-order chi connectivity index (χ1) is 8.64. The summed E-state index contributed by atoms with van der Waals surface area (Å²) < 4.78 is 2.05. The van der Waals surface area contributed by atoms with E-state index in [9.17, 15) is 5.11 Å². The maximum Gasteiger partial charge on any atom is 0.0494 e. The van der Waals surface area contributed by atoms with Gasteiger partial charge in [-0.2, -0.15) is 5.10 Å². The maximum absolute atomic E-state index is 9.86. The second-order valence-corrected chi connectivity index (χ2v) is 5.81. The zero-order valence-corrected chi connectivity index (χ0v) is 11.5. The molecule has 1 saturated carbocycles. The van der Waals surface area contributed by atoms with E-state index in [1.807, 2.05) is 10.9 Å². The van der Waals surface area contributed by atoms with Crippen LogP contribution in [0.3, 0.4) is 0 Å². The molecule has 1 heterocycles. The molecule has 0 unspecified atom stereocenters. The lowest BCUT2D eigenvalue weighted by Gasteiger charge is -2.36. The van der Waals surface area contributed by atoms with Crippen LogP contribution in [0.2, 0.25) is 0 Å². The highest BCUT2D eigenvalue weighted by atomic mass is 16.3. The second-order valence-electron chi connectivity index (χ2n) is 5.81. The molecule has 1 fully saturated rings. The van der Waals surface area contributed by atoms with Gasteiger partial charge in [0.2, 0.25) is 0 Å². The Bertz CT molecular complexity index is 380. The van der Waals surface area contributed by atoms with E-state index in [1.165, 1.54) is 18.5 Å². The van der Waals surface area contributed by atoms with Gasteiger partial charge < -0.3 is 10.8 Å². The van der Waals surface area contributed by atoms with E-state index in [2.05, 4.69) is 25.0 Å². The van der Waals surface area contributed by atoms with Gasteiger partial charge in [0.25, 0.3) is 0 Å². The largest absolute Gasteiger partial charge is 0.396 e. The first-order valence-corrected chi connectivity index (χ1v) is 6.99. The minimum absolute atomic E-state index is 0.0264. The molecule has 1 aliphatic carbocycles. The minimum atomic E-state index is -0.0264. The van der Waals surface area contributed by atoms with E-state index in [4.69, 9.17) is 5.73 Å². The average Bonchev–Trinajstić information content (AvgIpc) is 2.99. The molecule has 0 amide bonds. The van der Waals surface area contributed by atoms with Gasteiger partial charge in [0.15, 0.2) is 0 Å². The van der Waals surface area contributed by atoms with E-state index in [-0.39, 0.29) is 17.9 Å². The molecule has 0 saturated heterocycles. The first kappa shape index (κ1) is 13.6. The van der Waals surface area contributed by atoms with Crippen molar-refractivity contribution < 1.29 is 5.11 Å².